The SMILES string of the molecule is CCCCN1C(=S)SC(C)(C)[C@H]1/[N+]([O-])=C/c1cccs1. The van der Waals surface area contributed by atoms with E-state index in [0.717, 1.165) is 33.3 Å². The van der Waals surface area contributed by atoms with Crippen molar-refractivity contribution in [2.75, 3.05) is 6.54 Å². The van der Waals surface area contributed by atoms with Crippen LogP contribution in [0.1, 0.15) is 38.5 Å². The molecule has 1 fully saturated rings. The summed E-state index contributed by atoms with van der Waals surface area (Å²) in [5, 5.41) is 14.6. The van der Waals surface area contributed by atoms with Gasteiger partial charge in [-0.1, -0.05) is 43.4 Å². The molecule has 20 heavy (non-hydrogen) atoms. The molecule has 110 valence electrons. The van der Waals surface area contributed by atoms with Crippen LogP contribution in [-0.2, 0) is 0 Å². The quantitative estimate of drug-likeness (QED) is 0.269. The third-order valence-corrected chi connectivity index (χ3v) is 5.73. The lowest BCUT2D eigenvalue weighted by Gasteiger charge is -2.29. The van der Waals surface area contributed by atoms with Crippen LogP contribution in [0.15, 0.2) is 17.5 Å². The van der Waals surface area contributed by atoms with E-state index >= 15 is 0 Å². The van der Waals surface area contributed by atoms with E-state index < -0.39 is 0 Å². The zero-order chi connectivity index (χ0) is 14.8. The monoisotopic (exact) mass is 328 g/mol. The van der Waals surface area contributed by atoms with Crippen LogP contribution in [0.3, 0.4) is 0 Å². The zero-order valence-electron chi connectivity index (χ0n) is 12.0. The van der Waals surface area contributed by atoms with E-state index in [1.54, 1.807) is 29.3 Å². The van der Waals surface area contributed by atoms with Crippen molar-refractivity contribution >= 4 is 45.9 Å². The fraction of sp³-hybridized carbons (Fsp3) is 0.571. The highest BCUT2D eigenvalue weighted by Gasteiger charge is 2.50. The minimum absolute atomic E-state index is 0.194. The Labute approximate surface area is 134 Å². The van der Waals surface area contributed by atoms with Gasteiger partial charge in [0.25, 0.3) is 6.17 Å². The van der Waals surface area contributed by atoms with Crippen molar-refractivity contribution in [1.82, 2.24) is 4.90 Å². The van der Waals surface area contributed by atoms with Crippen LogP contribution in [0.5, 0.6) is 0 Å². The van der Waals surface area contributed by atoms with E-state index in [9.17, 15) is 5.21 Å². The molecule has 3 nitrogen and oxygen atoms in total. The van der Waals surface area contributed by atoms with Gasteiger partial charge in [0.2, 0.25) is 0 Å². The Morgan fingerprint density at radius 3 is 2.90 bits per heavy atom. The van der Waals surface area contributed by atoms with Crippen LogP contribution in [-0.4, -0.2) is 37.6 Å². The van der Waals surface area contributed by atoms with Crippen LogP contribution >= 0.6 is 35.3 Å². The molecule has 1 saturated heterocycles. The van der Waals surface area contributed by atoms with E-state index in [2.05, 4.69) is 25.7 Å². The first-order valence-electron chi connectivity index (χ1n) is 6.79. The topological polar surface area (TPSA) is 29.3 Å². The summed E-state index contributed by atoms with van der Waals surface area (Å²) in [6.45, 7) is 7.19. The molecular weight excluding hydrogens is 308 g/mol. The van der Waals surface area contributed by atoms with Gasteiger partial charge >= 0.3 is 0 Å². The largest absolute Gasteiger partial charge is 0.622 e. The number of thioether (sulfide) groups is 1. The summed E-state index contributed by atoms with van der Waals surface area (Å²) < 4.78 is 1.72. The van der Waals surface area contributed by atoms with Crippen molar-refractivity contribution < 1.29 is 4.74 Å². The molecule has 2 rings (SSSR count). The molecule has 0 radical (unpaired) electrons. The summed E-state index contributed by atoms with van der Waals surface area (Å²) >= 11 is 8.66. The Balaban J connectivity index is 2.26. The van der Waals surface area contributed by atoms with Crippen LogP contribution in [0, 0.1) is 5.21 Å². The Bertz CT molecular complexity index is 497. The normalized spacial score (nSPS) is 22.6. The first-order chi connectivity index (χ1) is 9.45. The second-order valence-electron chi connectivity index (χ2n) is 5.40. The second-order valence-corrected chi connectivity index (χ2v) is 8.66. The third-order valence-electron chi connectivity index (χ3n) is 3.29. The van der Waals surface area contributed by atoms with Gasteiger partial charge in [0.05, 0.1) is 4.88 Å². The third kappa shape index (κ3) is 3.35. The molecule has 6 heteroatoms. The van der Waals surface area contributed by atoms with E-state index in [4.69, 9.17) is 12.2 Å². The molecule has 0 bridgehead atoms. The van der Waals surface area contributed by atoms with E-state index in [-0.39, 0.29) is 10.9 Å². The molecule has 0 aliphatic carbocycles. The van der Waals surface area contributed by atoms with Gasteiger partial charge < -0.3 is 5.21 Å². The van der Waals surface area contributed by atoms with Gasteiger partial charge in [0.15, 0.2) is 6.21 Å². The smallest absolute Gasteiger partial charge is 0.254 e. The van der Waals surface area contributed by atoms with Crippen molar-refractivity contribution in [2.45, 2.75) is 44.5 Å². The number of hydrogen-bond acceptors (Lipinski definition) is 4. The maximum Gasteiger partial charge on any atom is 0.254 e. The lowest BCUT2D eigenvalue weighted by molar-refractivity contribution is -0.523. The summed E-state index contributed by atoms with van der Waals surface area (Å²) in [4.78, 5) is 3.06. The molecule has 0 unspecified atom stereocenters. The van der Waals surface area contributed by atoms with Crippen LogP contribution < -0.4 is 0 Å². The molecule has 0 amide bonds. The second kappa shape index (κ2) is 6.45. The Morgan fingerprint density at radius 1 is 1.55 bits per heavy atom. The van der Waals surface area contributed by atoms with Crippen molar-refractivity contribution in [1.29, 1.82) is 0 Å². The van der Waals surface area contributed by atoms with Gasteiger partial charge in [-0.3, -0.25) is 4.90 Å². The fourth-order valence-corrected chi connectivity index (χ4v) is 4.92. The lowest BCUT2D eigenvalue weighted by atomic mass is 10.1. The molecule has 1 aliphatic rings. The molecule has 0 aromatic carbocycles. The molecule has 2 heterocycles. The molecule has 1 aromatic heterocycles. The predicted molar refractivity (Wildman–Crippen MR) is 92.8 cm³/mol. The lowest BCUT2D eigenvalue weighted by Crippen LogP contribution is -2.48. The summed E-state index contributed by atoms with van der Waals surface area (Å²) in [6.07, 6.45) is 3.61. The van der Waals surface area contributed by atoms with Gasteiger partial charge in [0, 0.05) is 6.54 Å². The number of hydrogen-bond donors (Lipinski definition) is 0. The summed E-state index contributed by atoms with van der Waals surface area (Å²) in [6, 6.07) is 3.91. The summed E-state index contributed by atoms with van der Waals surface area (Å²) in [7, 11) is 0. The summed E-state index contributed by atoms with van der Waals surface area (Å²) in [5.41, 5.74) is 0. The molecule has 0 saturated carbocycles. The highest BCUT2D eigenvalue weighted by Crippen LogP contribution is 2.41. The Morgan fingerprint density at radius 2 is 2.30 bits per heavy atom. The number of unbranched alkanes of at least 4 members (excludes halogenated alkanes) is 1. The molecule has 1 atom stereocenters. The summed E-state index contributed by atoms with van der Waals surface area (Å²) in [5.74, 6) is 0. The first kappa shape index (κ1) is 15.8. The average molecular weight is 329 g/mol. The highest BCUT2D eigenvalue weighted by molar-refractivity contribution is 8.24. The number of rotatable bonds is 5. The van der Waals surface area contributed by atoms with Crippen LogP contribution in [0.25, 0.3) is 0 Å². The number of nitrogens with zero attached hydrogens (tertiary/aromatic N) is 2. The maximum absolute atomic E-state index is 12.6. The Kier molecular flexibility index (Phi) is 5.09. The predicted octanol–water partition coefficient (Wildman–Crippen LogP) is 3.92. The van der Waals surface area contributed by atoms with Crippen molar-refractivity contribution in [2.24, 2.45) is 0 Å². The van der Waals surface area contributed by atoms with E-state index in [0.29, 0.717) is 0 Å². The van der Waals surface area contributed by atoms with Gasteiger partial charge in [-0.2, -0.15) is 4.74 Å². The molecular formula is C14H20N2OS3. The van der Waals surface area contributed by atoms with E-state index in [1.165, 1.54) is 0 Å². The van der Waals surface area contributed by atoms with Crippen molar-refractivity contribution in [3.8, 4) is 0 Å². The number of thiocarbonyl (C=S) groups is 1. The Hall–Kier alpha value is -0.590. The standard InChI is InChI=1S/C14H20N2OS3/c1-4-5-8-15-12(14(2,3)20-13(15)18)16(17)10-11-7-6-9-19-11/h6-7,9-10,12H,4-5,8H2,1-3H3/b16-10-/t12-/m1/s1. The minimum Gasteiger partial charge on any atom is -0.622 e. The fourth-order valence-electron chi connectivity index (χ4n) is 2.36. The molecule has 0 spiro atoms. The van der Waals surface area contributed by atoms with Gasteiger partial charge in [-0.05, 0) is 31.7 Å². The first-order valence-corrected chi connectivity index (χ1v) is 8.89. The highest BCUT2D eigenvalue weighted by atomic mass is 32.2. The average Bonchev–Trinajstić information content (AvgIpc) is 2.92. The molecule has 1 aliphatic heterocycles. The molecule has 0 N–H and O–H groups in total. The van der Waals surface area contributed by atoms with E-state index in [1.807, 2.05) is 17.5 Å². The van der Waals surface area contributed by atoms with Gasteiger partial charge in [-0.15, -0.1) is 11.3 Å². The van der Waals surface area contributed by atoms with Crippen LogP contribution in [0.2, 0.25) is 0 Å². The van der Waals surface area contributed by atoms with Crippen LogP contribution in [0.4, 0.5) is 0 Å². The van der Waals surface area contributed by atoms with Gasteiger partial charge in [-0.25, -0.2) is 0 Å². The van der Waals surface area contributed by atoms with Gasteiger partial charge in [0.1, 0.15) is 9.07 Å². The molecule has 1 aromatic rings. The van der Waals surface area contributed by atoms with Crippen molar-refractivity contribution in [3.05, 3.63) is 27.6 Å². The zero-order valence-corrected chi connectivity index (χ0v) is 14.5. The number of hydroxylamine groups is 1. The maximum atomic E-state index is 12.6. The minimum atomic E-state index is -0.228. The van der Waals surface area contributed by atoms with Crippen molar-refractivity contribution in [3.63, 3.8) is 0 Å². The number of thiophene rings is 1.